The molecular weight excluding hydrogens is 340 g/mol. The van der Waals surface area contributed by atoms with Crippen LogP contribution in [-0.4, -0.2) is 39.6 Å². The average Bonchev–Trinajstić information content (AvgIpc) is 3.11. The van der Waals surface area contributed by atoms with Crippen LogP contribution in [0.5, 0.6) is 0 Å². The number of nitrogens with one attached hydrogen (secondary N) is 1. The van der Waals surface area contributed by atoms with E-state index >= 15 is 0 Å². The van der Waals surface area contributed by atoms with Gasteiger partial charge in [-0.15, -0.1) is 0 Å². The molecule has 1 atom stereocenters. The van der Waals surface area contributed by atoms with Gasteiger partial charge in [0.1, 0.15) is 0 Å². The van der Waals surface area contributed by atoms with E-state index in [2.05, 4.69) is 10.4 Å². The van der Waals surface area contributed by atoms with E-state index in [9.17, 15) is 9.59 Å². The number of fused-ring (bicyclic) bond motifs is 1. The molecule has 0 radical (unpaired) electrons. The molecule has 1 fully saturated rings. The normalized spacial score (nSPS) is 17.1. The minimum absolute atomic E-state index is 0.0119. The first-order valence-electron chi connectivity index (χ1n) is 9.19. The number of carbonyl (C=O) groups excluding carboxylic acids is 2. The van der Waals surface area contributed by atoms with Gasteiger partial charge in [-0.05, 0) is 29.7 Å². The number of benzene rings is 2. The summed E-state index contributed by atoms with van der Waals surface area (Å²) in [5.74, 6) is 0.228. The Hall–Kier alpha value is -3.15. The largest absolute Gasteiger partial charge is 0.338 e. The van der Waals surface area contributed by atoms with E-state index in [0.717, 1.165) is 23.6 Å². The van der Waals surface area contributed by atoms with Crippen LogP contribution in [0.3, 0.4) is 0 Å². The molecule has 1 N–H and O–H groups in total. The zero-order chi connectivity index (χ0) is 18.8. The van der Waals surface area contributed by atoms with E-state index in [4.69, 9.17) is 0 Å². The number of rotatable bonds is 3. The third kappa shape index (κ3) is 3.56. The molecule has 1 saturated heterocycles. The van der Waals surface area contributed by atoms with Gasteiger partial charge >= 0.3 is 0 Å². The van der Waals surface area contributed by atoms with Crippen LogP contribution in [0.25, 0.3) is 10.8 Å². The minimum Gasteiger partial charge on any atom is -0.338 e. The molecule has 6 nitrogen and oxygen atoms in total. The first-order chi connectivity index (χ1) is 13.1. The van der Waals surface area contributed by atoms with Crippen molar-refractivity contribution in [1.82, 2.24) is 14.7 Å². The van der Waals surface area contributed by atoms with Crippen molar-refractivity contribution in [1.29, 1.82) is 0 Å². The topological polar surface area (TPSA) is 67.2 Å². The highest BCUT2D eigenvalue weighted by Crippen LogP contribution is 2.24. The van der Waals surface area contributed by atoms with Gasteiger partial charge in [-0.3, -0.25) is 14.3 Å². The van der Waals surface area contributed by atoms with Crippen molar-refractivity contribution < 1.29 is 9.59 Å². The summed E-state index contributed by atoms with van der Waals surface area (Å²) in [6.45, 7) is 1.11. The van der Waals surface area contributed by atoms with Crippen molar-refractivity contribution in [2.45, 2.75) is 12.8 Å². The lowest BCUT2D eigenvalue weighted by Crippen LogP contribution is -2.43. The molecule has 2 aromatic carbocycles. The molecular formula is C21H22N4O2. The Morgan fingerprint density at radius 2 is 1.93 bits per heavy atom. The number of likely N-dealkylation sites (tertiary alicyclic amines) is 1. The SMILES string of the molecule is Cn1ccc(NC(=O)[C@H]2CCCN(C(=O)c3cccc4ccccc34)C2)n1. The molecule has 2 heterocycles. The Morgan fingerprint density at radius 1 is 1.11 bits per heavy atom. The van der Waals surface area contributed by atoms with Crippen LogP contribution in [0.15, 0.2) is 54.7 Å². The van der Waals surface area contributed by atoms with Crippen LogP contribution >= 0.6 is 0 Å². The monoisotopic (exact) mass is 362 g/mol. The lowest BCUT2D eigenvalue weighted by molar-refractivity contribution is -0.121. The number of aromatic nitrogens is 2. The van der Waals surface area contributed by atoms with E-state index in [1.165, 1.54) is 0 Å². The van der Waals surface area contributed by atoms with Crippen molar-refractivity contribution in [3.63, 3.8) is 0 Å². The van der Waals surface area contributed by atoms with Gasteiger partial charge in [-0.1, -0.05) is 36.4 Å². The molecule has 0 unspecified atom stereocenters. The molecule has 27 heavy (non-hydrogen) atoms. The van der Waals surface area contributed by atoms with Crippen LogP contribution in [0, 0.1) is 5.92 Å². The fraction of sp³-hybridized carbons (Fsp3) is 0.286. The maximum Gasteiger partial charge on any atom is 0.254 e. The van der Waals surface area contributed by atoms with Crippen molar-refractivity contribution in [2.75, 3.05) is 18.4 Å². The molecule has 1 aliphatic rings. The Balaban J connectivity index is 1.50. The van der Waals surface area contributed by atoms with Crippen LogP contribution < -0.4 is 5.32 Å². The van der Waals surface area contributed by atoms with E-state index in [1.807, 2.05) is 42.5 Å². The number of piperidine rings is 1. The fourth-order valence-electron chi connectivity index (χ4n) is 3.67. The lowest BCUT2D eigenvalue weighted by atomic mass is 9.95. The van der Waals surface area contributed by atoms with Gasteiger partial charge in [0.25, 0.3) is 5.91 Å². The molecule has 0 bridgehead atoms. The van der Waals surface area contributed by atoms with Gasteiger partial charge in [0.05, 0.1) is 5.92 Å². The predicted octanol–water partition coefficient (Wildman–Crippen LogP) is 3.06. The molecule has 6 heteroatoms. The van der Waals surface area contributed by atoms with Gasteiger partial charge in [-0.2, -0.15) is 5.10 Å². The second kappa shape index (κ2) is 7.23. The summed E-state index contributed by atoms with van der Waals surface area (Å²) in [4.78, 5) is 27.5. The fourth-order valence-corrected chi connectivity index (χ4v) is 3.67. The highest BCUT2D eigenvalue weighted by Gasteiger charge is 2.29. The average molecular weight is 362 g/mol. The highest BCUT2D eigenvalue weighted by molar-refractivity contribution is 6.07. The summed E-state index contributed by atoms with van der Waals surface area (Å²) in [5, 5.41) is 9.03. The third-order valence-electron chi connectivity index (χ3n) is 5.06. The number of hydrogen-bond acceptors (Lipinski definition) is 3. The van der Waals surface area contributed by atoms with Crippen molar-refractivity contribution >= 4 is 28.4 Å². The number of nitrogens with zero attached hydrogens (tertiary/aromatic N) is 3. The minimum atomic E-state index is -0.223. The van der Waals surface area contributed by atoms with Gasteiger partial charge in [0, 0.05) is 38.0 Å². The van der Waals surface area contributed by atoms with E-state index < -0.39 is 0 Å². The number of aryl methyl sites for hydroxylation is 1. The molecule has 0 aliphatic carbocycles. The molecule has 0 spiro atoms. The van der Waals surface area contributed by atoms with E-state index in [-0.39, 0.29) is 17.7 Å². The van der Waals surface area contributed by atoms with Crippen LogP contribution in [0.2, 0.25) is 0 Å². The predicted molar refractivity (Wildman–Crippen MR) is 104 cm³/mol. The molecule has 138 valence electrons. The molecule has 1 aromatic heterocycles. The zero-order valence-electron chi connectivity index (χ0n) is 15.3. The molecule has 2 amide bonds. The van der Waals surface area contributed by atoms with E-state index in [0.29, 0.717) is 24.5 Å². The summed E-state index contributed by atoms with van der Waals surface area (Å²) in [5.41, 5.74) is 0.693. The molecule has 0 saturated carbocycles. The molecule has 4 rings (SSSR count). The summed E-state index contributed by atoms with van der Waals surface area (Å²) >= 11 is 0. The third-order valence-corrected chi connectivity index (χ3v) is 5.06. The first kappa shape index (κ1) is 17.3. The maximum absolute atomic E-state index is 13.1. The van der Waals surface area contributed by atoms with Crippen molar-refractivity contribution in [3.8, 4) is 0 Å². The smallest absolute Gasteiger partial charge is 0.254 e. The van der Waals surface area contributed by atoms with Crippen LogP contribution in [0.1, 0.15) is 23.2 Å². The van der Waals surface area contributed by atoms with Gasteiger partial charge < -0.3 is 10.2 Å². The molecule has 1 aliphatic heterocycles. The number of carbonyl (C=O) groups is 2. The highest BCUT2D eigenvalue weighted by atomic mass is 16.2. The van der Waals surface area contributed by atoms with Crippen LogP contribution in [-0.2, 0) is 11.8 Å². The van der Waals surface area contributed by atoms with Crippen molar-refractivity contribution in [2.24, 2.45) is 13.0 Å². The second-order valence-electron chi connectivity index (χ2n) is 6.98. The molecule has 3 aromatic rings. The summed E-state index contributed by atoms with van der Waals surface area (Å²) < 4.78 is 1.65. The zero-order valence-corrected chi connectivity index (χ0v) is 15.3. The summed E-state index contributed by atoms with van der Waals surface area (Å²) in [6.07, 6.45) is 3.38. The Kier molecular flexibility index (Phi) is 4.62. The lowest BCUT2D eigenvalue weighted by Gasteiger charge is -2.32. The second-order valence-corrected chi connectivity index (χ2v) is 6.98. The number of hydrogen-bond donors (Lipinski definition) is 1. The summed E-state index contributed by atoms with van der Waals surface area (Å²) in [6, 6.07) is 15.4. The number of anilines is 1. The van der Waals surface area contributed by atoms with Gasteiger partial charge in [0.15, 0.2) is 5.82 Å². The van der Waals surface area contributed by atoms with Crippen LogP contribution in [0.4, 0.5) is 5.82 Å². The van der Waals surface area contributed by atoms with Crippen molar-refractivity contribution in [3.05, 3.63) is 60.3 Å². The Bertz CT molecular complexity index is 989. The summed E-state index contributed by atoms with van der Waals surface area (Å²) in [7, 11) is 1.81. The Labute approximate surface area is 157 Å². The number of amides is 2. The first-order valence-corrected chi connectivity index (χ1v) is 9.19. The Morgan fingerprint density at radius 3 is 2.74 bits per heavy atom. The van der Waals surface area contributed by atoms with Gasteiger partial charge in [-0.25, -0.2) is 0 Å². The standard InChI is InChI=1S/C21H22N4O2/c1-24-13-11-19(23-24)22-20(26)16-8-5-12-25(14-16)21(27)18-10-4-7-15-6-2-3-9-17(15)18/h2-4,6-7,9-11,13,16H,5,8,12,14H2,1H3,(H,22,23,26)/t16-/m0/s1. The van der Waals surface area contributed by atoms with E-state index in [1.54, 1.807) is 28.9 Å². The maximum atomic E-state index is 13.1. The van der Waals surface area contributed by atoms with Gasteiger partial charge in [0.2, 0.25) is 5.91 Å². The quantitative estimate of drug-likeness (QED) is 0.779.